The first-order valence-electron chi connectivity index (χ1n) is 5.13. The lowest BCUT2D eigenvalue weighted by molar-refractivity contribution is -0.384. The number of carbonyl (C=O) groups excluding carboxylic acids is 1. The van der Waals surface area contributed by atoms with Gasteiger partial charge in [-0.2, -0.15) is 5.10 Å². The molecule has 18 heavy (non-hydrogen) atoms. The van der Waals surface area contributed by atoms with Crippen LogP contribution in [0.5, 0.6) is 0 Å². The fourth-order valence-electron chi connectivity index (χ4n) is 1.46. The van der Waals surface area contributed by atoms with E-state index in [4.69, 9.17) is 0 Å². The Bertz CT molecular complexity index is 589. The number of rotatable bonds is 3. The summed E-state index contributed by atoms with van der Waals surface area (Å²) in [6.07, 6.45) is 3.13. The van der Waals surface area contributed by atoms with Gasteiger partial charge in [0, 0.05) is 19.1 Å². The van der Waals surface area contributed by atoms with E-state index in [2.05, 4.69) is 10.4 Å². The molecule has 1 aromatic heterocycles. The molecule has 0 unspecified atom stereocenters. The molecule has 0 spiro atoms. The summed E-state index contributed by atoms with van der Waals surface area (Å²) >= 11 is 0. The molecule has 0 fully saturated rings. The van der Waals surface area contributed by atoms with Crippen LogP contribution in [0, 0.1) is 10.1 Å². The minimum Gasteiger partial charge on any atom is -0.324 e. The van der Waals surface area contributed by atoms with E-state index in [-0.39, 0.29) is 11.6 Å². The Labute approximate surface area is 102 Å². The molecule has 1 N–H and O–H groups in total. The van der Waals surface area contributed by atoms with E-state index in [0.29, 0.717) is 11.4 Å². The molecule has 0 aliphatic heterocycles. The monoisotopic (exact) mass is 246 g/mol. The zero-order chi connectivity index (χ0) is 13.1. The lowest BCUT2D eigenvalue weighted by Gasteiger charge is -2.00. The van der Waals surface area contributed by atoms with Gasteiger partial charge in [-0.15, -0.1) is 0 Å². The number of benzene rings is 1. The van der Waals surface area contributed by atoms with Crippen molar-refractivity contribution >= 4 is 17.3 Å². The van der Waals surface area contributed by atoms with Crippen molar-refractivity contribution in [3.05, 3.63) is 46.8 Å². The van der Waals surface area contributed by atoms with E-state index in [1.807, 2.05) is 0 Å². The Hall–Kier alpha value is -2.70. The summed E-state index contributed by atoms with van der Waals surface area (Å²) in [4.78, 5) is 20.9. The highest BCUT2D eigenvalue weighted by molar-refractivity contribution is 5.88. The molecule has 0 aliphatic rings. The van der Waals surface area contributed by atoms with Gasteiger partial charge in [-0.05, 0) is 12.1 Å². The molecule has 0 bridgehead atoms. The van der Waals surface area contributed by atoms with Crippen LogP contribution < -0.4 is 5.32 Å². The molecule has 0 saturated carbocycles. The van der Waals surface area contributed by atoms with Crippen molar-refractivity contribution < 1.29 is 9.72 Å². The summed E-state index contributed by atoms with van der Waals surface area (Å²) in [5.74, 6) is -0.182. The minimum atomic E-state index is -0.463. The van der Waals surface area contributed by atoms with Gasteiger partial charge in [0.1, 0.15) is 0 Å². The van der Waals surface area contributed by atoms with Gasteiger partial charge in [0.2, 0.25) is 5.91 Å². The van der Waals surface area contributed by atoms with Crippen molar-refractivity contribution in [2.24, 2.45) is 0 Å². The second-order valence-corrected chi connectivity index (χ2v) is 3.63. The number of anilines is 1. The Morgan fingerprint density at radius 1 is 1.39 bits per heavy atom. The summed E-state index contributed by atoms with van der Waals surface area (Å²) in [5.41, 5.74) is 1.27. The molecular weight excluding hydrogens is 236 g/mol. The maximum Gasteiger partial charge on any atom is 0.269 e. The lowest BCUT2D eigenvalue weighted by Crippen LogP contribution is -2.04. The smallest absolute Gasteiger partial charge is 0.269 e. The molecular formula is C11H10N4O3. The van der Waals surface area contributed by atoms with E-state index in [1.54, 1.807) is 18.3 Å². The van der Waals surface area contributed by atoms with Crippen LogP contribution in [-0.4, -0.2) is 20.6 Å². The average Bonchev–Trinajstić information content (AvgIpc) is 2.76. The highest BCUT2D eigenvalue weighted by atomic mass is 16.6. The molecule has 7 nitrogen and oxygen atoms in total. The number of nitrogens with one attached hydrogen (secondary N) is 1. The molecule has 0 atom stereocenters. The number of nitro groups is 1. The molecule has 0 radical (unpaired) electrons. The van der Waals surface area contributed by atoms with E-state index < -0.39 is 4.92 Å². The van der Waals surface area contributed by atoms with Crippen LogP contribution in [0.25, 0.3) is 5.69 Å². The van der Waals surface area contributed by atoms with Gasteiger partial charge in [-0.25, -0.2) is 4.68 Å². The Morgan fingerprint density at radius 3 is 2.61 bits per heavy atom. The van der Waals surface area contributed by atoms with Crippen LogP contribution in [0.3, 0.4) is 0 Å². The number of non-ortho nitro benzene ring substituents is 1. The molecule has 2 aromatic rings. The van der Waals surface area contributed by atoms with Crippen molar-refractivity contribution in [2.45, 2.75) is 6.92 Å². The number of nitro benzene ring substituents is 1. The molecule has 1 aromatic carbocycles. The number of carbonyl (C=O) groups is 1. The van der Waals surface area contributed by atoms with Crippen molar-refractivity contribution in [3.8, 4) is 5.69 Å². The van der Waals surface area contributed by atoms with Gasteiger partial charge in [-0.3, -0.25) is 14.9 Å². The first-order chi connectivity index (χ1) is 8.56. The van der Waals surface area contributed by atoms with Crippen molar-refractivity contribution in [2.75, 3.05) is 5.32 Å². The summed E-state index contributed by atoms with van der Waals surface area (Å²) in [5, 5.41) is 17.1. The number of nitrogens with zero attached hydrogens (tertiary/aromatic N) is 3. The zero-order valence-corrected chi connectivity index (χ0v) is 9.53. The molecule has 92 valence electrons. The Kier molecular flexibility index (Phi) is 3.05. The number of amides is 1. The fraction of sp³-hybridized carbons (Fsp3) is 0.0909. The van der Waals surface area contributed by atoms with Crippen LogP contribution in [-0.2, 0) is 4.79 Å². The third-order valence-corrected chi connectivity index (χ3v) is 2.23. The number of hydrogen-bond donors (Lipinski definition) is 1. The van der Waals surface area contributed by atoms with E-state index >= 15 is 0 Å². The zero-order valence-electron chi connectivity index (χ0n) is 9.53. The standard InChI is InChI=1S/C11H10N4O3/c1-8(16)13-9-6-12-14(7-9)10-2-4-11(5-3-10)15(17)18/h2-7H,1H3,(H,13,16). The summed E-state index contributed by atoms with van der Waals surface area (Å²) < 4.78 is 1.52. The Balaban J connectivity index is 2.23. The van der Waals surface area contributed by atoms with Crippen LogP contribution in [0.1, 0.15) is 6.92 Å². The predicted octanol–water partition coefficient (Wildman–Crippen LogP) is 1.74. The average molecular weight is 246 g/mol. The highest BCUT2D eigenvalue weighted by Gasteiger charge is 2.06. The summed E-state index contributed by atoms with van der Waals surface area (Å²) in [6, 6.07) is 5.97. The van der Waals surface area contributed by atoms with Crippen LogP contribution >= 0.6 is 0 Å². The van der Waals surface area contributed by atoms with Crippen LogP contribution in [0.2, 0.25) is 0 Å². The third kappa shape index (κ3) is 2.51. The predicted molar refractivity (Wildman–Crippen MR) is 64.5 cm³/mol. The second kappa shape index (κ2) is 4.66. The first kappa shape index (κ1) is 11.8. The van der Waals surface area contributed by atoms with Crippen LogP contribution in [0.15, 0.2) is 36.7 Å². The molecule has 0 aliphatic carbocycles. The molecule has 1 heterocycles. The highest BCUT2D eigenvalue weighted by Crippen LogP contribution is 2.16. The van der Waals surface area contributed by atoms with Crippen molar-refractivity contribution in [3.63, 3.8) is 0 Å². The normalized spacial score (nSPS) is 10.1. The number of hydrogen-bond acceptors (Lipinski definition) is 4. The fourth-order valence-corrected chi connectivity index (χ4v) is 1.46. The summed E-state index contributed by atoms with van der Waals surface area (Å²) in [7, 11) is 0. The maximum absolute atomic E-state index is 10.9. The molecule has 7 heteroatoms. The summed E-state index contributed by atoms with van der Waals surface area (Å²) in [6.45, 7) is 1.41. The van der Waals surface area contributed by atoms with Gasteiger partial charge in [0.05, 0.1) is 28.7 Å². The van der Waals surface area contributed by atoms with E-state index in [1.165, 1.54) is 29.9 Å². The first-order valence-corrected chi connectivity index (χ1v) is 5.13. The van der Waals surface area contributed by atoms with Gasteiger partial charge >= 0.3 is 0 Å². The SMILES string of the molecule is CC(=O)Nc1cnn(-c2ccc([N+](=O)[O-])cc2)c1. The van der Waals surface area contributed by atoms with Gasteiger partial charge < -0.3 is 5.32 Å². The van der Waals surface area contributed by atoms with Gasteiger partial charge in [0.15, 0.2) is 0 Å². The molecule has 0 saturated heterocycles. The van der Waals surface area contributed by atoms with E-state index in [0.717, 1.165) is 0 Å². The largest absolute Gasteiger partial charge is 0.324 e. The van der Waals surface area contributed by atoms with Crippen LogP contribution in [0.4, 0.5) is 11.4 Å². The quantitative estimate of drug-likeness (QED) is 0.659. The third-order valence-electron chi connectivity index (χ3n) is 2.23. The Morgan fingerprint density at radius 2 is 2.06 bits per heavy atom. The lowest BCUT2D eigenvalue weighted by atomic mass is 10.3. The second-order valence-electron chi connectivity index (χ2n) is 3.63. The molecule has 2 rings (SSSR count). The van der Waals surface area contributed by atoms with Crippen molar-refractivity contribution in [1.82, 2.24) is 9.78 Å². The van der Waals surface area contributed by atoms with Gasteiger partial charge in [-0.1, -0.05) is 0 Å². The van der Waals surface area contributed by atoms with E-state index in [9.17, 15) is 14.9 Å². The minimum absolute atomic E-state index is 0.0213. The number of aromatic nitrogens is 2. The molecule has 1 amide bonds. The van der Waals surface area contributed by atoms with Crippen molar-refractivity contribution in [1.29, 1.82) is 0 Å². The maximum atomic E-state index is 10.9. The topological polar surface area (TPSA) is 90.1 Å². The van der Waals surface area contributed by atoms with Gasteiger partial charge in [0.25, 0.3) is 5.69 Å².